The van der Waals surface area contributed by atoms with E-state index in [0.717, 1.165) is 24.3 Å². The molecule has 2 rings (SSSR count). The maximum atomic E-state index is 5.47. The maximum Gasteiger partial charge on any atom is 0.148 e. The number of nitrogens with two attached hydrogens (primary N) is 1. The highest BCUT2D eigenvalue weighted by atomic mass is 32.1. The first-order valence-electron chi connectivity index (χ1n) is 5.79. The van der Waals surface area contributed by atoms with Crippen molar-refractivity contribution in [2.45, 2.75) is 19.9 Å². The normalized spacial score (nSPS) is 10.4. The number of anilines is 2. The van der Waals surface area contributed by atoms with Gasteiger partial charge in [-0.25, -0.2) is 15.8 Å². The second-order valence-electron chi connectivity index (χ2n) is 4.01. The van der Waals surface area contributed by atoms with Crippen LogP contribution in [0.4, 0.5) is 11.6 Å². The number of nitrogens with one attached hydrogen (secondary N) is 1. The molecule has 0 atom stereocenters. The van der Waals surface area contributed by atoms with E-state index in [1.54, 1.807) is 11.3 Å². The molecule has 2 heterocycles. The first kappa shape index (κ1) is 12.8. The minimum Gasteiger partial charge on any atom is -0.355 e. The Morgan fingerprint density at radius 2 is 2.28 bits per heavy atom. The van der Waals surface area contributed by atoms with Crippen molar-refractivity contribution in [2.75, 3.05) is 17.4 Å². The number of aromatic nitrogens is 2. The summed E-state index contributed by atoms with van der Waals surface area (Å²) in [7, 11) is 2.03. The molecule has 0 saturated heterocycles. The Morgan fingerprint density at radius 1 is 1.44 bits per heavy atom. The SMILES string of the molecule is CCc1c(NN)ncnc1N(C)Cc1ccsc1. The van der Waals surface area contributed by atoms with E-state index in [1.807, 2.05) is 7.05 Å². The lowest BCUT2D eigenvalue weighted by molar-refractivity contribution is 0.873. The molecule has 18 heavy (non-hydrogen) atoms. The molecule has 5 nitrogen and oxygen atoms in total. The zero-order chi connectivity index (χ0) is 13.0. The lowest BCUT2D eigenvalue weighted by Crippen LogP contribution is -2.21. The number of thiophene rings is 1. The molecule has 0 aliphatic rings. The van der Waals surface area contributed by atoms with Gasteiger partial charge in [-0.05, 0) is 28.8 Å². The van der Waals surface area contributed by atoms with Crippen molar-refractivity contribution in [3.8, 4) is 0 Å². The van der Waals surface area contributed by atoms with Crippen molar-refractivity contribution in [1.29, 1.82) is 0 Å². The molecule has 2 aromatic rings. The molecule has 0 amide bonds. The summed E-state index contributed by atoms with van der Waals surface area (Å²) < 4.78 is 0. The van der Waals surface area contributed by atoms with Crippen LogP contribution >= 0.6 is 11.3 Å². The summed E-state index contributed by atoms with van der Waals surface area (Å²) in [5, 5.41) is 4.22. The minimum absolute atomic E-state index is 0.694. The van der Waals surface area contributed by atoms with Crippen LogP contribution in [-0.4, -0.2) is 17.0 Å². The fraction of sp³-hybridized carbons (Fsp3) is 0.333. The molecule has 2 aromatic heterocycles. The summed E-state index contributed by atoms with van der Waals surface area (Å²) in [5.74, 6) is 7.09. The Morgan fingerprint density at radius 3 is 2.89 bits per heavy atom. The number of hydrogen-bond donors (Lipinski definition) is 2. The van der Waals surface area contributed by atoms with Gasteiger partial charge in [0.1, 0.15) is 18.0 Å². The van der Waals surface area contributed by atoms with Crippen LogP contribution in [0.25, 0.3) is 0 Å². The second kappa shape index (κ2) is 5.79. The first-order chi connectivity index (χ1) is 8.76. The van der Waals surface area contributed by atoms with E-state index in [4.69, 9.17) is 5.84 Å². The lowest BCUT2D eigenvalue weighted by Gasteiger charge is -2.21. The van der Waals surface area contributed by atoms with Crippen LogP contribution in [0.5, 0.6) is 0 Å². The van der Waals surface area contributed by atoms with E-state index in [0.29, 0.717) is 5.82 Å². The van der Waals surface area contributed by atoms with Crippen molar-refractivity contribution in [3.05, 3.63) is 34.3 Å². The minimum atomic E-state index is 0.694. The van der Waals surface area contributed by atoms with Gasteiger partial charge in [0, 0.05) is 19.2 Å². The second-order valence-corrected chi connectivity index (χ2v) is 4.79. The number of hydrogen-bond acceptors (Lipinski definition) is 6. The van der Waals surface area contributed by atoms with Gasteiger partial charge in [-0.2, -0.15) is 11.3 Å². The molecular weight excluding hydrogens is 246 g/mol. The topological polar surface area (TPSA) is 67.1 Å². The van der Waals surface area contributed by atoms with E-state index >= 15 is 0 Å². The molecule has 0 fully saturated rings. The van der Waals surface area contributed by atoms with E-state index in [1.165, 1.54) is 11.9 Å². The highest BCUT2D eigenvalue weighted by Crippen LogP contribution is 2.24. The van der Waals surface area contributed by atoms with Crippen LogP contribution in [0.15, 0.2) is 23.2 Å². The van der Waals surface area contributed by atoms with Crippen molar-refractivity contribution < 1.29 is 0 Å². The van der Waals surface area contributed by atoms with Crippen LogP contribution < -0.4 is 16.2 Å². The van der Waals surface area contributed by atoms with Crippen LogP contribution in [0.2, 0.25) is 0 Å². The summed E-state index contributed by atoms with van der Waals surface area (Å²) in [6, 6.07) is 2.12. The van der Waals surface area contributed by atoms with Gasteiger partial charge in [0.25, 0.3) is 0 Å². The van der Waals surface area contributed by atoms with Crippen LogP contribution in [0.3, 0.4) is 0 Å². The van der Waals surface area contributed by atoms with Gasteiger partial charge in [0.2, 0.25) is 0 Å². The third kappa shape index (κ3) is 2.60. The zero-order valence-corrected chi connectivity index (χ0v) is 11.4. The Balaban J connectivity index is 2.26. The van der Waals surface area contributed by atoms with Gasteiger partial charge >= 0.3 is 0 Å². The summed E-state index contributed by atoms with van der Waals surface area (Å²) in [6.45, 7) is 2.90. The fourth-order valence-corrected chi connectivity index (χ4v) is 2.57. The average molecular weight is 263 g/mol. The molecule has 0 unspecified atom stereocenters. The molecule has 0 spiro atoms. The number of nitrogen functional groups attached to an aromatic ring is 1. The van der Waals surface area contributed by atoms with Crippen LogP contribution in [0, 0.1) is 0 Å². The largest absolute Gasteiger partial charge is 0.355 e. The monoisotopic (exact) mass is 263 g/mol. The maximum absolute atomic E-state index is 5.47. The summed E-state index contributed by atoms with van der Waals surface area (Å²) >= 11 is 1.70. The standard InChI is InChI=1S/C12H17N5S/c1-3-10-11(16-13)14-8-15-12(10)17(2)6-9-4-5-18-7-9/h4-5,7-8H,3,6,13H2,1-2H3,(H,14,15,16). The average Bonchev–Trinajstić information content (AvgIpc) is 2.90. The number of hydrazine groups is 1. The number of nitrogens with zero attached hydrogens (tertiary/aromatic N) is 3. The fourth-order valence-electron chi connectivity index (χ4n) is 1.91. The van der Waals surface area contributed by atoms with Crippen LogP contribution in [0.1, 0.15) is 18.1 Å². The van der Waals surface area contributed by atoms with E-state index in [9.17, 15) is 0 Å². The molecule has 0 aromatic carbocycles. The highest BCUT2D eigenvalue weighted by Gasteiger charge is 2.13. The molecule has 96 valence electrons. The zero-order valence-electron chi connectivity index (χ0n) is 10.6. The van der Waals surface area contributed by atoms with Gasteiger partial charge in [0.15, 0.2) is 0 Å². The van der Waals surface area contributed by atoms with Crippen molar-refractivity contribution >= 4 is 23.0 Å². The molecule has 0 bridgehead atoms. The van der Waals surface area contributed by atoms with Gasteiger partial charge in [-0.3, -0.25) is 0 Å². The van der Waals surface area contributed by atoms with Gasteiger partial charge in [0.05, 0.1) is 0 Å². The Labute approximate surface area is 111 Å². The smallest absolute Gasteiger partial charge is 0.148 e. The quantitative estimate of drug-likeness (QED) is 0.638. The predicted octanol–water partition coefficient (Wildman–Crippen LogP) is 2.02. The predicted molar refractivity (Wildman–Crippen MR) is 75.6 cm³/mol. The van der Waals surface area contributed by atoms with Gasteiger partial charge in [-0.15, -0.1) is 0 Å². The molecule has 0 saturated carbocycles. The van der Waals surface area contributed by atoms with E-state index in [-0.39, 0.29) is 0 Å². The molecule has 0 aliphatic carbocycles. The molecular formula is C12H17N5S. The molecule has 3 N–H and O–H groups in total. The summed E-state index contributed by atoms with van der Waals surface area (Å²) in [6.07, 6.45) is 2.37. The third-order valence-corrected chi connectivity index (χ3v) is 3.51. The van der Waals surface area contributed by atoms with Crippen molar-refractivity contribution in [3.63, 3.8) is 0 Å². The highest BCUT2D eigenvalue weighted by molar-refractivity contribution is 7.07. The Bertz CT molecular complexity index is 497. The van der Waals surface area contributed by atoms with Gasteiger partial charge < -0.3 is 10.3 Å². The molecule has 0 radical (unpaired) electrons. The van der Waals surface area contributed by atoms with Crippen LogP contribution in [-0.2, 0) is 13.0 Å². The van der Waals surface area contributed by atoms with Gasteiger partial charge in [-0.1, -0.05) is 6.92 Å². The van der Waals surface area contributed by atoms with E-state index < -0.39 is 0 Å². The summed E-state index contributed by atoms with van der Waals surface area (Å²) in [4.78, 5) is 10.6. The third-order valence-electron chi connectivity index (χ3n) is 2.77. The summed E-state index contributed by atoms with van der Waals surface area (Å²) in [5.41, 5.74) is 4.95. The van der Waals surface area contributed by atoms with E-state index in [2.05, 4.69) is 44.0 Å². The van der Waals surface area contributed by atoms with Crippen molar-refractivity contribution in [1.82, 2.24) is 9.97 Å². The van der Waals surface area contributed by atoms with Crippen molar-refractivity contribution in [2.24, 2.45) is 5.84 Å². The number of rotatable bonds is 5. The molecule has 0 aliphatic heterocycles. The first-order valence-corrected chi connectivity index (χ1v) is 6.73. The lowest BCUT2D eigenvalue weighted by atomic mass is 10.2. The Hall–Kier alpha value is -1.66. The molecule has 6 heteroatoms. The Kier molecular flexibility index (Phi) is 4.11.